The molecule has 0 unspecified atom stereocenters. The summed E-state index contributed by atoms with van der Waals surface area (Å²) in [5.41, 5.74) is 0. The van der Waals surface area contributed by atoms with Gasteiger partial charge in [-0.3, -0.25) is 0 Å². The van der Waals surface area contributed by atoms with Crippen LogP contribution in [-0.4, -0.2) is 35.8 Å². The molecule has 0 fully saturated rings. The molecule has 0 aliphatic carbocycles. The average Bonchev–Trinajstić information content (AvgIpc) is 2.42. The zero-order valence-electron chi connectivity index (χ0n) is 12.4. The van der Waals surface area contributed by atoms with Gasteiger partial charge in [0.1, 0.15) is 0 Å². The molecule has 0 atom stereocenters. The van der Waals surface area contributed by atoms with Crippen molar-refractivity contribution in [3.05, 3.63) is 36.5 Å². The quantitative estimate of drug-likeness (QED) is 0.249. The number of hydrogen-bond acceptors (Lipinski definition) is 12. The molecule has 0 aromatic heterocycles. The molecule has 12 nitrogen and oxygen atoms in total. The second-order valence-electron chi connectivity index (χ2n) is 2.91. The van der Waals surface area contributed by atoms with E-state index in [-0.39, 0.29) is 81.7 Å². The zero-order valence-corrected chi connectivity index (χ0v) is 18.8. The molecular weight excluding hydrogens is 625 g/mol. The Kier molecular flexibility index (Phi) is 32.7. The van der Waals surface area contributed by atoms with E-state index in [1.807, 2.05) is 0 Å². The molecule has 0 aliphatic rings. The van der Waals surface area contributed by atoms with Crippen molar-refractivity contribution in [3.63, 3.8) is 0 Å². The summed E-state index contributed by atoms with van der Waals surface area (Å²) in [5, 5.41) is 56.5. The number of aliphatic carboxylic acids is 6. The van der Waals surface area contributed by atoms with Gasteiger partial charge in [-0.05, 0) is 36.5 Å². The number of carboxylic acids is 6. The number of rotatable bonds is 6. The molecule has 0 N–H and O–H groups in total. The van der Waals surface area contributed by atoms with E-state index in [2.05, 4.69) is 0 Å². The van der Waals surface area contributed by atoms with Crippen LogP contribution in [0, 0.1) is 81.7 Å². The SMILES string of the molecule is O=C([O-])C=CC(=O)[O-].O=C([O-])C=CC(=O)[O-].O=C([O-])C=CC(=O)[O-].[Nd+3].[Nd+3]. The fourth-order valence-electron chi connectivity index (χ4n) is 0.408. The van der Waals surface area contributed by atoms with Gasteiger partial charge in [-0.25, -0.2) is 0 Å². The molecule has 0 saturated heterocycles. The van der Waals surface area contributed by atoms with Crippen LogP contribution in [-0.2, 0) is 28.8 Å². The van der Waals surface area contributed by atoms with Crippen LogP contribution in [0.5, 0.6) is 0 Å². The molecule has 2 radical (unpaired) electrons. The van der Waals surface area contributed by atoms with Crippen molar-refractivity contribution >= 4 is 35.8 Å². The summed E-state index contributed by atoms with van der Waals surface area (Å²) >= 11 is 0. The van der Waals surface area contributed by atoms with Gasteiger partial charge in [0.25, 0.3) is 0 Å². The first-order valence-electron chi connectivity index (χ1n) is 5.18. The number of carbonyl (C=O) groups is 6. The Morgan fingerprint density at radius 1 is 0.346 bits per heavy atom. The van der Waals surface area contributed by atoms with E-state index < -0.39 is 35.8 Å². The van der Waals surface area contributed by atoms with Gasteiger partial charge in [0.05, 0.1) is 35.8 Å². The van der Waals surface area contributed by atoms with Gasteiger partial charge in [-0.1, -0.05) is 0 Å². The third-order valence-electron chi connectivity index (χ3n) is 1.07. The van der Waals surface area contributed by atoms with Crippen LogP contribution >= 0.6 is 0 Å². The number of carboxylic acid groups (broad SMARTS) is 6. The monoisotopic (exact) mass is 626 g/mol. The first-order chi connectivity index (χ1) is 10.9. The molecule has 0 saturated carbocycles. The molecule has 0 amide bonds. The smallest absolute Gasteiger partial charge is 0.545 e. The molecule has 0 heterocycles. The molecule has 0 aromatic rings. The number of carbonyl (C=O) groups excluding carboxylic acids is 6. The fraction of sp³-hybridized carbons (Fsp3) is 0. The Bertz CT molecular complexity index is 448. The standard InChI is InChI=1S/3C4H4O4.2Nd/c3*5-3(6)1-2-4(7)8;;/h3*1-2H,(H,5,6)(H,7,8);;/q;;;2*+3/p-6. The predicted octanol–water partition coefficient (Wildman–Crippen LogP) is -8.87. The van der Waals surface area contributed by atoms with E-state index in [0.29, 0.717) is 36.5 Å². The third kappa shape index (κ3) is 56.9. The van der Waals surface area contributed by atoms with Crippen molar-refractivity contribution in [2.24, 2.45) is 0 Å². The maximum absolute atomic E-state index is 9.41. The van der Waals surface area contributed by atoms with E-state index in [4.69, 9.17) is 0 Å². The van der Waals surface area contributed by atoms with E-state index >= 15 is 0 Å². The summed E-state index contributed by atoms with van der Waals surface area (Å²) in [5.74, 6) is -9.28. The molecule has 14 heteroatoms. The van der Waals surface area contributed by atoms with E-state index in [1.54, 1.807) is 0 Å². The summed E-state index contributed by atoms with van der Waals surface area (Å²) in [4.78, 5) is 56.5. The predicted molar refractivity (Wildman–Crippen MR) is 57.5 cm³/mol. The van der Waals surface area contributed by atoms with Crippen molar-refractivity contribution < 1.29 is 141 Å². The molecule has 0 spiro atoms. The van der Waals surface area contributed by atoms with Gasteiger partial charge in [-0.2, -0.15) is 0 Å². The Labute approximate surface area is 210 Å². The van der Waals surface area contributed by atoms with E-state index in [0.717, 1.165) is 0 Å². The van der Waals surface area contributed by atoms with Crippen molar-refractivity contribution in [1.82, 2.24) is 0 Å². The first-order valence-corrected chi connectivity index (χ1v) is 5.18. The summed E-state index contributed by atoms with van der Waals surface area (Å²) in [6.07, 6.45) is 2.31. The summed E-state index contributed by atoms with van der Waals surface area (Å²) in [6.45, 7) is 0. The van der Waals surface area contributed by atoms with Crippen LogP contribution in [0.2, 0.25) is 0 Å². The Hall–Kier alpha value is -1.26. The van der Waals surface area contributed by atoms with Crippen LogP contribution in [0.4, 0.5) is 0 Å². The molecule has 0 aliphatic heterocycles. The van der Waals surface area contributed by atoms with Crippen molar-refractivity contribution in [1.29, 1.82) is 0 Å². The Morgan fingerprint density at radius 2 is 0.423 bits per heavy atom. The first kappa shape index (κ1) is 35.8. The minimum atomic E-state index is -1.55. The Morgan fingerprint density at radius 3 is 0.462 bits per heavy atom. The summed E-state index contributed by atoms with van der Waals surface area (Å²) in [6, 6.07) is 0. The van der Waals surface area contributed by atoms with E-state index in [1.165, 1.54) is 0 Å². The third-order valence-corrected chi connectivity index (χ3v) is 1.07. The largest absolute Gasteiger partial charge is 3.00 e. The Balaban J connectivity index is -0.0000000817. The molecule has 26 heavy (non-hydrogen) atoms. The van der Waals surface area contributed by atoms with Gasteiger partial charge in [-0.15, -0.1) is 0 Å². The second kappa shape index (κ2) is 23.7. The molecule has 0 aromatic carbocycles. The van der Waals surface area contributed by atoms with Crippen molar-refractivity contribution in [3.8, 4) is 0 Å². The van der Waals surface area contributed by atoms with Gasteiger partial charge < -0.3 is 59.4 Å². The fourth-order valence-corrected chi connectivity index (χ4v) is 0.408. The topological polar surface area (TPSA) is 241 Å². The van der Waals surface area contributed by atoms with Gasteiger partial charge in [0.15, 0.2) is 0 Å². The molecular formula is C12H6Nd2O12. The van der Waals surface area contributed by atoms with Crippen LogP contribution in [0.3, 0.4) is 0 Å². The summed E-state index contributed by atoms with van der Waals surface area (Å²) < 4.78 is 0. The van der Waals surface area contributed by atoms with Crippen LogP contribution in [0.15, 0.2) is 36.5 Å². The van der Waals surface area contributed by atoms with Crippen LogP contribution < -0.4 is 30.6 Å². The number of hydrogen-bond donors (Lipinski definition) is 0. The molecule has 0 rings (SSSR count). The maximum atomic E-state index is 9.41. The average molecular weight is 631 g/mol. The van der Waals surface area contributed by atoms with Gasteiger partial charge >= 0.3 is 81.7 Å². The zero-order chi connectivity index (χ0) is 19.7. The van der Waals surface area contributed by atoms with Gasteiger partial charge in [0.2, 0.25) is 0 Å². The molecule has 0 bridgehead atoms. The van der Waals surface area contributed by atoms with Crippen molar-refractivity contribution in [2.45, 2.75) is 0 Å². The van der Waals surface area contributed by atoms with Crippen LogP contribution in [0.1, 0.15) is 0 Å². The normalized spacial score (nSPS) is 8.77. The van der Waals surface area contributed by atoms with Crippen molar-refractivity contribution in [2.75, 3.05) is 0 Å². The van der Waals surface area contributed by atoms with E-state index in [9.17, 15) is 59.4 Å². The maximum Gasteiger partial charge on any atom is 3.00 e. The molecule has 134 valence electrons. The summed E-state index contributed by atoms with van der Waals surface area (Å²) in [7, 11) is 0. The minimum absolute atomic E-state index is 0. The van der Waals surface area contributed by atoms with Gasteiger partial charge in [0, 0.05) is 0 Å². The minimum Gasteiger partial charge on any atom is -0.545 e. The van der Waals surface area contributed by atoms with Crippen LogP contribution in [0.25, 0.3) is 0 Å². The second-order valence-corrected chi connectivity index (χ2v) is 2.91.